The van der Waals surface area contributed by atoms with Crippen molar-refractivity contribution in [2.75, 3.05) is 13.1 Å². The monoisotopic (exact) mass is 329 g/mol. The van der Waals surface area contributed by atoms with Gasteiger partial charge in [-0.1, -0.05) is 0 Å². The molecule has 2 amide bonds. The highest BCUT2D eigenvalue weighted by atomic mass is 35.5. The highest BCUT2D eigenvalue weighted by Crippen LogP contribution is 2.33. The zero-order valence-corrected chi connectivity index (χ0v) is 14.2. The molecule has 0 aromatic rings. The fourth-order valence-corrected chi connectivity index (χ4v) is 4.33. The summed E-state index contributed by atoms with van der Waals surface area (Å²) in [6.45, 7) is 3.09. The molecule has 22 heavy (non-hydrogen) atoms. The summed E-state index contributed by atoms with van der Waals surface area (Å²) in [7, 11) is 0. The first-order valence-electron chi connectivity index (χ1n) is 8.41. The molecule has 0 aliphatic carbocycles. The van der Waals surface area contributed by atoms with E-state index >= 15 is 0 Å². The van der Waals surface area contributed by atoms with E-state index in [4.69, 9.17) is 0 Å². The van der Waals surface area contributed by atoms with Crippen LogP contribution in [0.25, 0.3) is 0 Å². The molecule has 3 fully saturated rings. The van der Waals surface area contributed by atoms with Crippen molar-refractivity contribution in [3.63, 3.8) is 0 Å². The first-order chi connectivity index (χ1) is 10.1. The summed E-state index contributed by atoms with van der Waals surface area (Å²) in [4.78, 5) is 25.7. The maximum atomic E-state index is 12.5. The van der Waals surface area contributed by atoms with Crippen LogP contribution in [0.5, 0.6) is 0 Å². The third-order valence-corrected chi connectivity index (χ3v) is 5.22. The van der Waals surface area contributed by atoms with E-state index in [0.717, 1.165) is 32.2 Å². The SMILES string of the molecule is CC(=O)NC1CCCN(C(=O)CC2CC3CCC(C2)N3)C1.Cl. The Hall–Kier alpha value is -0.810. The zero-order chi connectivity index (χ0) is 14.8. The number of likely N-dealkylation sites (tertiary alicyclic amines) is 1. The Morgan fingerprint density at radius 3 is 2.50 bits per heavy atom. The second kappa shape index (κ2) is 7.64. The quantitative estimate of drug-likeness (QED) is 0.824. The molecule has 3 rings (SSSR count). The molecule has 6 heteroatoms. The minimum absolute atomic E-state index is 0. The van der Waals surface area contributed by atoms with Crippen LogP contribution in [0.15, 0.2) is 0 Å². The zero-order valence-electron chi connectivity index (χ0n) is 13.3. The standard InChI is InChI=1S/C16H27N3O2.ClH/c1-11(20)17-15-3-2-6-19(10-15)16(21)9-12-7-13-4-5-14(8-12)18-13;/h12-15,18H,2-10H2,1H3,(H,17,20);1H. The number of nitrogens with one attached hydrogen (secondary N) is 2. The number of fused-ring (bicyclic) bond motifs is 2. The average Bonchev–Trinajstić information content (AvgIpc) is 2.77. The molecule has 3 aliphatic heterocycles. The van der Waals surface area contributed by atoms with Crippen LogP contribution in [0.2, 0.25) is 0 Å². The van der Waals surface area contributed by atoms with Crippen LogP contribution in [0.1, 0.15) is 51.9 Å². The van der Waals surface area contributed by atoms with Crippen LogP contribution >= 0.6 is 12.4 Å². The normalized spacial score (nSPS) is 34.0. The number of hydrogen-bond donors (Lipinski definition) is 2. The van der Waals surface area contributed by atoms with E-state index in [-0.39, 0.29) is 30.3 Å². The molecule has 0 spiro atoms. The number of amides is 2. The fraction of sp³-hybridized carbons (Fsp3) is 0.875. The number of halogens is 1. The minimum atomic E-state index is 0. The van der Waals surface area contributed by atoms with E-state index in [0.29, 0.717) is 31.0 Å². The van der Waals surface area contributed by atoms with Gasteiger partial charge in [-0.25, -0.2) is 0 Å². The van der Waals surface area contributed by atoms with Crippen LogP contribution in [0.4, 0.5) is 0 Å². The molecule has 126 valence electrons. The van der Waals surface area contributed by atoms with E-state index in [1.807, 2.05) is 4.90 Å². The molecular weight excluding hydrogens is 302 g/mol. The van der Waals surface area contributed by atoms with Crippen molar-refractivity contribution in [2.45, 2.75) is 70.0 Å². The molecule has 3 aliphatic rings. The van der Waals surface area contributed by atoms with Gasteiger partial charge in [-0.2, -0.15) is 0 Å². The van der Waals surface area contributed by atoms with Crippen molar-refractivity contribution >= 4 is 24.2 Å². The van der Waals surface area contributed by atoms with Gasteiger partial charge in [-0.3, -0.25) is 9.59 Å². The van der Waals surface area contributed by atoms with Gasteiger partial charge in [-0.15, -0.1) is 12.4 Å². The predicted octanol–water partition coefficient (Wildman–Crippen LogP) is 1.46. The van der Waals surface area contributed by atoms with Gasteiger partial charge in [0, 0.05) is 44.6 Å². The van der Waals surface area contributed by atoms with Crippen LogP contribution < -0.4 is 10.6 Å². The smallest absolute Gasteiger partial charge is 0.222 e. The summed E-state index contributed by atoms with van der Waals surface area (Å²) in [5.74, 6) is 0.845. The summed E-state index contributed by atoms with van der Waals surface area (Å²) >= 11 is 0. The Kier molecular flexibility index (Phi) is 6.09. The Balaban J connectivity index is 0.00000176. The van der Waals surface area contributed by atoms with E-state index < -0.39 is 0 Å². The van der Waals surface area contributed by atoms with Gasteiger partial charge in [0.2, 0.25) is 11.8 Å². The lowest BCUT2D eigenvalue weighted by Crippen LogP contribution is -2.49. The number of piperidine rings is 2. The van der Waals surface area contributed by atoms with E-state index in [1.54, 1.807) is 6.92 Å². The molecule has 0 aromatic carbocycles. The average molecular weight is 330 g/mol. The van der Waals surface area contributed by atoms with Crippen LogP contribution in [0, 0.1) is 5.92 Å². The first kappa shape index (κ1) is 17.5. The Bertz CT molecular complexity index is 406. The second-order valence-electron chi connectivity index (χ2n) is 7.06. The molecule has 3 atom stereocenters. The molecule has 3 saturated heterocycles. The molecular formula is C16H28ClN3O2. The van der Waals surface area contributed by atoms with Crippen LogP contribution in [0.3, 0.4) is 0 Å². The van der Waals surface area contributed by atoms with E-state index in [9.17, 15) is 9.59 Å². The lowest BCUT2D eigenvalue weighted by Gasteiger charge is -2.35. The Morgan fingerprint density at radius 2 is 1.86 bits per heavy atom. The molecule has 0 radical (unpaired) electrons. The highest BCUT2D eigenvalue weighted by molar-refractivity contribution is 5.85. The van der Waals surface area contributed by atoms with Crippen LogP contribution in [-0.4, -0.2) is 47.9 Å². The van der Waals surface area contributed by atoms with Gasteiger partial charge in [0.25, 0.3) is 0 Å². The van der Waals surface area contributed by atoms with Crippen molar-refractivity contribution in [3.8, 4) is 0 Å². The van der Waals surface area contributed by atoms with Gasteiger partial charge < -0.3 is 15.5 Å². The fourth-order valence-electron chi connectivity index (χ4n) is 4.33. The molecule has 5 nitrogen and oxygen atoms in total. The lowest BCUT2D eigenvalue weighted by molar-refractivity contribution is -0.134. The van der Waals surface area contributed by atoms with Gasteiger partial charge in [-0.05, 0) is 44.4 Å². The number of rotatable bonds is 3. The number of carbonyl (C=O) groups excluding carboxylic acids is 2. The number of nitrogens with zero attached hydrogens (tertiary/aromatic N) is 1. The summed E-state index contributed by atoms with van der Waals surface area (Å²) in [5, 5.41) is 6.58. The van der Waals surface area contributed by atoms with Crippen LogP contribution in [-0.2, 0) is 9.59 Å². The molecule has 0 aromatic heterocycles. The van der Waals surface area contributed by atoms with Gasteiger partial charge in [0.15, 0.2) is 0 Å². The maximum absolute atomic E-state index is 12.5. The van der Waals surface area contributed by atoms with E-state index in [2.05, 4.69) is 10.6 Å². The third kappa shape index (κ3) is 4.35. The molecule has 3 unspecified atom stereocenters. The summed E-state index contributed by atoms with van der Waals surface area (Å²) in [6.07, 6.45) is 7.56. The van der Waals surface area contributed by atoms with Gasteiger partial charge in [0.05, 0.1) is 0 Å². The summed E-state index contributed by atoms with van der Waals surface area (Å²) in [6, 6.07) is 1.44. The molecule has 0 saturated carbocycles. The molecule has 2 bridgehead atoms. The largest absolute Gasteiger partial charge is 0.352 e. The topological polar surface area (TPSA) is 61.4 Å². The second-order valence-corrected chi connectivity index (χ2v) is 7.06. The van der Waals surface area contributed by atoms with Crippen molar-refractivity contribution in [2.24, 2.45) is 5.92 Å². The van der Waals surface area contributed by atoms with Gasteiger partial charge >= 0.3 is 0 Å². The number of carbonyl (C=O) groups is 2. The van der Waals surface area contributed by atoms with Crippen molar-refractivity contribution in [3.05, 3.63) is 0 Å². The highest BCUT2D eigenvalue weighted by Gasteiger charge is 2.35. The van der Waals surface area contributed by atoms with E-state index in [1.165, 1.54) is 12.8 Å². The first-order valence-corrected chi connectivity index (χ1v) is 8.41. The third-order valence-electron chi connectivity index (χ3n) is 5.22. The molecule has 2 N–H and O–H groups in total. The minimum Gasteiger partial charge on any atom is -0.352 e. The number of hydrogen-bond acceptors (Lipinski definition) is 3. The maximum Gasteiger partial charge on any atom is 0.222 e. The summed E-state index contributed by atoms with van der Waals surface area (Å²) in [5.41, 5.74) is 0. The van der Waals surface area contributed by atoms with Gasteiger partial charge in [0.1, 0.15) is 0 Å². The lowest BCUT2D eigenvalue weighted by atomic mass is 9.89. The van der Waals surface area contributed by atoms with Crippen molar-refractivity contribution in [1.29, 1.82) is 0 Å². The van der Waals surface area contributed by atoms with Crippen molar-refractivity contribution in [1.82, 2.24) is 15.5 Å². The Labute approximate surface area is 139 Å². The Morgan fingerprint density at radius 1 is 1.18 bits per heavy atom. The molecule has 3 heterocycles. The predicted molar refractivity (Wildman–Crippen MR) is 88.0 cm³/mol. The van der Waals surface area contributed by atoms with Crippen molar-refractivity contribution < 1.29 is 9.59 Å². The summed E-state index contributed by atoms with van der Waals surface area (Å²) < 4.78 is 0.